The lowest BCUT2D eigenvalue weighted by atomic mass is 10.1. The maximum Gasteiger partial charge on any atom is 0.0257 e. The Bertz CT molecular complexity index is 138. The second-order valence-electron chi connectivity index (χ2n) is 3.27. The molecule has 0 fully saturated rings. The van der Waals surface area contributed by atoms with Gasteiger partial charge in [-0.3, -0.25) is 0 Å². The van der Waals surface area contributed by atoms with Gasteiger partial charge < -0.3 is 0 Å². The molecule has 0 saturated carbocycles. The highest BCUT2D eigenvalue weighted by atomic mass is 32.2. The van der Waals surface area contributed by atoms with Crippen molar-refractivity contribution in [3.63, 3.8) is 0 Å². The first-order chi connectivity index (χ1) is 5.34. The zero-order valence-corrected chi connectivity index (χ0v) is 8.41. The van der Waals surface area contributed by atoms with Crippen LogP contribution in [0, 0.1) is 0 Å². The van der Waals surface area contributed by atoms with E-state index in [0.29, 0.717) is 0 Å². The maximum atomic E-state index is 2.38. The Hall–Kier alpha value is 0.0900. The predicted molar refractivity (Wildman–Crippen MR) is 54.1 cm³/mol. The molecule has 0 saturated heterocycles. The van der Waals surface area contributed by atoms with Gasteiger partial charge in [-0.15, -0.1) is 11.8 Å². The highest BCUT2D eigenvalue weighted by Gasteiger charge is 2.14. The van der Waals surface area contributed by atoms with E-state index in [4.69, 9.17) is 0 Å². The molecular weight excluding hydrogens is 152 g/mol. The Labute approximate surface area is 74.5 Å². The lowest BCUT2D eigenvalue weighted by molar-refractivity contribution is 0.673. The number of hydrogen-bond donors (Lipinski definition) is 0. The number of rotatable bonds is 4. The molecule has 64 valence electrons. The fourth-order valence-electron chi connectivity index (χ4n) is 1.45. The molecule has 0 bridgehead atoms. The van der Waals surface area contributed by atoms with Crippen LogP contribution in [0.5, 0.6) is 0 Å². The fourth-order valence-corrected chi connectivity index (χ4v) is 2.73. The second kappa shape index (κ2) is 4.87. The zero-order valence-electron chi connectivity index (χ0n) is 7.60. The molecule has 1 aliphatic heterocycles. The average Bonchev–Trinajstić information content (AvgIpc) is 2.37. The molecule has 0 aliphatic carbocycles. The van der Waals surface area contributed by atoms with Gasteiger partial charge in [0, 0.05) is 11.0 Å². The summed E-state index contributed by atoms with van der Waals surface area (Å²) in [7, 11) is 0. The summed E-state index contributed by atoms with van der Waals surface area (Å²) in [6.07, 6.45) is 7.95. The lowest BCUT2D eigenvalue weighted by Gasteiger charge is -2.09. The van der Waals surface area contributed by atoms with Crippen molar-refractivity contribution in [2.24, 2.45) is 0 Å². The molecule has 1 rings (SSSR count). The molecule has 0 aromatic heterocycles. The van der Waals surface area contributed by atoms with Crippen molar-refractivity contribution in [3.8, 4) is 0 Å². The van der Waals surface area contributed by atoms with Crippen LogP contribution < -0.4 is 0 Å². The average molecular weight is 170 g/mol. The minimum atomic E-state index is 0.863. The van der Waals surface area contributed by atoms with Gasteiger partial charge in [0.25, 0.3) is 0 Å². The normalized spacial score (nSPS) is 23.8. The highest BCUT2D eigenvalue weighted by molar-refractivity contribution is 8.00. The highest BCUT2D eigenvalue weighted by Crippen LogP contribution is 2.30. The first-order valence-electron chi connectivity index (χ1n) is 4.63. The lowest BCUT2D eigenvalue weighted by Crippen LogP contribution is -1.99. The second-order valence-corrected chi connectivity index (χ2v) is 4.50. The zero-order chi connectivity index (χ0) is 8.10. The van der Waals surface area contributed by atoms with Gasteiger partial charge in [-0.2, -0.15) is 0 Å². The van der Waals surface area contributed by atoms with Gasteiger partial charge in [-0.05, 0) is 13.3 Å². The SMILES string of the molecule is CCCCCC1SCC=C1C. The van der Waals surface area contributed by atoms with Gasteiger partial charge in [-0.1, -0.05) is 37.8 Å². The van der Waals surface area contributed by atoms with Crippen molar-refractivity contribution in [1.29, 1.82) is 0 Å². The largest absolute Gasteiger partial charge is 0.150 e. The van der Waals surface area contributed by atoms with E-state index in [0.717, 1.165) is 5.25 Å². The van der Waals surface area contributed by atoms with Gasteiger partial charge in [0.15, 0.2) is 0 Å². The summed E-state index contributed by atoms with van der Waals surface area (Å²) in [6.45, 7) is 4.54. The van der Waals surface area contributed by atoms with Crippen molar-refractivity contribution in [3.05, 3.63) is 11.6 Å². The summed E-state index contributed by atoms with van der Waals surface area (Å²) >= 11 is 2.11. The van der Waals surface area contributed by atoms with Crippen LogP contribution >= 0.6 is 11.8 Å². The van der Waals surface area contributed by atoms with Gasteiger partial charge >= 0.3 is 0 Å². The number of hydrogen-bond acceptors (Lipinski definition) is 1. The van der Waals surface area contributed by atoms with Crippen LogP contribution in [0.2, 0.25) is 0 Å². The molecule has 1 heteroatoms. The van der Waals surface area contributed by atoms with E-state index in [-0.39, 0.29) is 0 Å². The van der Waals surface area contributed by atoms with Crippen LogP contribution in [-0.4, -0.2) is 11.0 Å². The first-order valence-corrected chi connectivity index (χ1v) is 5.67. The molecule has 11 heavy (non-hydrogen) atoms. The molecule has 0 spiro atoms. The van der Waals surface area contributed by atoms with Crippen LogP contribution in [-0.2, 0) is 0 Å². The van der Waals surface area contributed by atoms with E-state index in [2.05, 4.69) is 31.7 Å². The minimum absolute atomic E-state index is 0.863. The Morgan fingerprint density at radius 2 is 2.36 bits per heavy atom. The van der Waals surface area contributed by atoms with Gasteiger partial charge in [0.2, 0.25) is 0 Å². The van der Waals surface area contributed by atoms with Gasteiger partial charge in [0.05, 0.1) is 0 Å². The summed E-state index contributed by atoms with van der Waals surface area (Å²) in [5.41, 5.74) is 1.62. The van der Waals surface area contributed by atoms with Gasteiger partial charge in [-0.25, -0.2) is 0 Å². The van der Waals surface area contributed by atoms with Crippen molar-refractivity contribution >= 4 is 11.8 Å². The predicted octanol–water partition coefficient (Wildman–Crippen LogP) is 3.63. The van der Waals surface area contributed by atoms with Crippen LogP contribution in [0.1, 0.15) is 39.5 Å². The Morgan fingerprint density at radius 1 is 1.55 bits per heavy atom. The van der Waals surface area contributed by atoms with Crippen LogP contribution in [0.3, 0.4) is 0 Å². The molecule has 0 radical (unpaired) electrons. The van der Waals surface area contributed by atoms with E-state index in [1.807, 2.05) is 0 Å². The Kier molecular flexibility index (Phi) is 4.06. The van der Waals surface area contributed by atoms with Crippen LogP contribution in [0.15, 0.2) is 11.6 Å². The Morgan fingerprint density at radius 3 is 2.91 bits per heavy atom. The number of thioether (sulfide) groups is 1. The smallest absolute Gasteiger partial charge is 0.0257 e. The third kappa shape index (κ3) is 2.90. The quantitative estimate of drug-likeness (QED) is 0.458. The molecule has 0 amide bonds. The minimum Gasteiger partial charge on any atom is -0.150 e. The topological polar surface area (TPSA) is 0 Å². The molecule has 0 aromatic carbocycles. The third-order valence-corrected chi connectivity index (χ3v) is 3.65. The summed E-state index contributed by atoms with van der Waals surface area (Å²) in [6, 6.07) is 0. The molecule has 1 unspecified atom stereocenters. The first kappa shape index (κ1) is 9.18. The van der Waals surface area contributed by atoms with E-state index >= 15 is 0 Å². The molecule has 1 aliphatic rings. The molecule has 0 nitrogen and oxygen atoms in total. The van der Waals surface area contributed by atoms with Gasteiger partial charge in [0.1, 0.15) is 0 Å². The maximum absolute atomic E-state index is 2.38. The van der Waals surface area contributed by atoms with Crippen molar-refractivity contribution in [2.45, 2.75) is 44.8 Å². The van der Waals surface area contributed by atoms with E-state index in [1.165, 1.54) is 31.4 Å². The number of unbranched alkanes of at least 4 members (excludes halogenated alkanes) is 2. The summed E-state index contributed by atoms with van der Waals surface area (Å²) in [4.78, 5) is 0. The van der Waals surface area contributed by atoms with Crippen molar-refractivity contribution in [1.82, 2.24) is 0 Å². The molecule has 1 atom stereocenters. The molecule has 0 N–H and O–H groups in total. The molecule has 0 aromatic rings. The van der Waals surface area contributed by atoms with Crippen LogP contribution in [0.25, 0.3) is 0 Å². The van der Waals surface area contributed by atoms with E-state index in [9.17, 15) is 0 Å². The summed E-state index contributed by atoms with van der Waals surface area (Å²) < 4.78 is 0. The van der Waals surface area contributed by atoms with E-state index < -0.39 is 0 Å². The van der Waals surface area contributed by atoms with Crippen molar-refractivity contribution in [2.75, 3.05) is 5.75 Å². The molecular formula is C10H18S. The monoisotopic (exact) mass is 170 g/mol. The molecule has 1 heterocycles. The summed E-state index contributed by atoms with van der Waals surface area (Å²) in [5.74, 6) is 1.25. The fraction of sp³-hybridized carbons (Fsp3) is 0.800. The van der Waals surface area contributed by atoms with E-state index in [1.54, 1.807) is 5.57 Å². The summed E-state index contributed by atoms with van der Waals surface area (Å²) in [5, 5.41) is 0.863. The van der Waals surface area contributed by atoms with Crippen molar-refractivity contribution < 1.29 is 0 Å². The third-order valence-electron chi connectivity index (χ3n) is 2.28. The van der Waals surface area contributed by atoms with Crippen LogP contribution in [0.4, 0.5) is 0 Å². The Balaban J connectivity index is 2.12. The standard InChI is InChI=1S/C10H18S/c1-3-4-5-6-10-9(2)7-8-11-10/h7,10H,3-6,8H2,1-2H3.